The standard InChI is InChI=1S/C25H31N3O/c1-6-27(7-2)20-11-9-19(10-12-20)14-15-25-24(4,5)21-16-18(3)8-13-22(21)28(25)17-23(29)26-25/h8-16H,6-7,17H2,1-5H3,(H,26,29). The lowest BCUT2D eigenvalue weighted by Crippen LogP contribution is -2.58. The summed E-state index contributed by atoms with van der Waals surface area (Å²) in [6, 6.07) is 15.2. The van der Waals surface area contributed by atoms with Crippen LogP contribution in [0.1, 0.15) is 44.4 Å². The van der Waals surface area contributed by atoms with Crippen LogP contribution in [0.5, 0.6) is 0 Å². The fourth-order valence-electron chi connectivity index (χ4n) is 4.89. The summed E-state index contributed by atoms with van der Waals surface area (Å²) in [6.07, 6.45) is 4.32. The Morgan fingerprint density at radius 2 is 1.79 bits per heavy atom. The van der Waals surface area contributed by atoms with Crippen molar-refractivity contribution in [1.82, 2.24) is 5.32 Å². The number of carbonyl (C=O) groups is 1. The maximum absolute atomic E-state index is 12.4. The predicted molar refractivity (Wildman–Crippen MR) is 121 cm³/mol. The van der Waals surface area contributed by atoms with E-state index in [2.05, 4.69) is 104 Å². The first-order valence-electron chi connectivity index (χ1n) is 10.6. The minimum absolute atomic E-state index is 0.0748. The lowest BCUT2D eigenvalue weighted by Gasteiger charge is -2.40. The van der Waals surface area contributed by atoms with Crippen molar-refractivity contribution in [1.29, 1.82) is 0 Å². The van der Waals surface area contributed by atoms with Gasteiger partial charge in [-0.1, -0.05) is 49.8 Å². The molecule has 1 fully saturated rings. The first-order chi connectivity index (χ1) is 13.8. The van der Waals surface area contributed by atoms with Crippen LogP contribution in [0, 0.1) is 6.92 Å². The average molecular weight is 390 g/mol. The predicted octanol–water partition coefficient (Wildman–Crippen LogP) is 4.48. The molecule has 0 bridgehead atoms. The van der Waals surface area contributed by atoms with Gasteiger partial charge in [-0.05, 0) is 56.2 Å². The Morgan fingerprint density at radius 3 is 2.45 bits per heavy atom. The van der Waals surface area contributed by atoms with Crippen LogP contribution in [-0.4, -0.2) is 31.2 Å². The second kappa shape index (κ2) is 6.94. The van der Waals surface area contributed by atoms with E-state index in [0.29, 0.717) is 6.54 Å². The molecule has 0 radical (unpaired) electrons. The van der Waals surface area contributed by atoms with Gasteiger partial charge in [0.05, 0.1) is 6.54 Å². The molecule has 29 heavy (non-hydrogen) atoms. The first kappa shape index (κ1) is 19.6. The Balaban J connectivity index is 1.70. The summed E-state index contributed by atoms with van der Waals surface area (Å²) >= 11 is 0. The number of nitrogens with one attached hydrogen (secondary N) is 1. The zero-order valence-electron chi connectivity index (χ0n) is 18.1. The van der Waals surface area contributed by atoms with Crippen molar-refractivity contribution in [2.24, 2.45) is 0 Å². The maximum Gasteiger partial charge on any atom is 0.241 e. The van der Waals surface area contributed by atoms with E-state index in [1.165, 1.54) is 16.8 Å². The van der Waals surface area contributed by atoms with Gasteiger partial charge in [0, 0.05) is 29.9 Å². The van der Waals surface area contributed by atoms with Crippen LogP contribution in [0.15, 0.2) is 48.5 Å². The monoisotopic (exact) mass is 389 g/mol. The molecule has 0 aliphatic carbocycles. The Bertz CT molecular complexity index is 957. The van der Waals surface area contributed by atoms with E-state index in [-0.39, 0.29) is 11.3 Å². The van der Waals surface area contributed by atoms with Crippen LogP contribution in [0.25, 0.3) is 6.08 Å². The molecule has 0 saturated carbocycles. The average Bonchev–Trinajstić information content (AvgIpc) is 3.13. The van der Waals surface area contributed by atoms with Gasteiger partial charge in [0.1, 0.15) is 5.66 Å². The SMILES string of the molecule is CCN(CC)c1ccc(C=CC23NC(=O)CN2c2ccc(C)cc2C3(C)C)cc1. The van der Waals surface area contributed by atoms with E-state index in [4.69, 9.17) is 0 Å². The highest BCUT2D eigenvalue weighted by atomic mass is 16.2. The molecule has 1 atom stereocenters. The molecule has 1 saturated heterocycles. The van der Waals surface area contributed by atoms with Crippen LogP contribution in [0.4, 0.5) is 11.4 Å². The number of fused-ring (bicyclic) bond motifs is 3. The lowest BCUT2D eigenvalue weighted by atomic mass is 9.75. The molecule has 4 heteroatoms. The number of hydrogen-bond acceptors (Lipinski definition) is 3. The van der Waals surface area contributed by atoms with E-state index in [1.54, 1.807) is 0 Å². The van der Waals surface area contributed by atoms with Crippen molar-refractivity contribution >= 4 is 23.4 Å². The van der Waals surface area contributed by atoms with Crippen LogP contribution >= 0.6 is 0 Å². The normalized spacial score (nSPS) is 22.0. The quantitative estimate of drug-likeness (QED) is 0.819. The smallest absolute Gasteiger partial charge is 0.241 e. The summed E-state index contributed by atoms with van der Waals surface area (Å²) in [4.78, 5) is 17.0. The third kappa shape index (κ3) is 2.93. The number of carbonyl (C=O) groups excluding carboxylic acids is 1. The largest absolute Gasteiger partial charge is 0.372 e. The Labute approximate surface area is 174 Å². The summed E-state index contributed by atoms with van der Waals surface area (Å²) in [7, 11) is 0. The molecule has 2 aliphatic heterocycles. The van der Waals surface area contributed by atoms with Crippen LogP contribution < -0.4 is 15.1 Å². The van der Waals surface area contributed by atoms with E-state index in [1.807, 2.05) is 0 Å². The van der Waals surface area contributed by atoms with Gasteiger partial charge in [0.25, 0.3) is 0 Å². The van der Waals surface area contributed by atoms with Crippen LogP contribution in [0.2, 0.25) is 0 Å². The highest BCUT2D eigenvalue weighted by Crippen LogP contribution is 2.53. The molecule has 152 valence electrons. The molecule has 2 heterocycles. The van der Waals surface area contributed by atoms with Gasteiger partial charge in [-0.15, -0.1) is 0 Å². The van der Waals surface area contributed by atoms with Crippen molar-refractivity contribution in [3.05, 3.63) is 65.2 Å². The molecule has 4 rings (SSSR count). The fraction of sp³-hybridized carbons (Fsp3) is 0.400. The molecule has 1 unspecified atom stereocenters. The van der Waals surface area contributed by atoms with Crippen molar-refractivity contribution in [2.75, 3.05) is 29.4 Å². The lowest BCUT2D eigenvalue weighted by molar-refractivity contribution is -0.118. The zero-order valence-corrected chi connectivity index (χ0v) is 18.1. The number of nitrogens with zero attached hydrogens (tertiary/aromatic N) is 2. The van der Waals surface area contributed by atoms with Gasteiger partial charge in [0.2, 0.25) is 5.91 Å². The molecule has 2 aromatic carbocycles. The third-order valence-corrected chi connectivity index (χ3v) is 6.67. The number of aryl methyl sites for hydroxylation is 1. The number of amides is 1. The molecule has 1 N–H and O–H groups in total. The molecule has 2 aromatic rings. The molecule has 1 amide bonds. The highest BCUT2D eigenvalue weighted by molar-refractivity contribution is 5.91. The number of anilines is 2. The topological polar surface area (TPSA) is 35.6 Å². The van der Waals surface area contributed by atoms with E-state index < -0.39 is 5.66 Å². The van der Waals surface area contributed by atoms with Gasteiger partial charge in [-0.3, -0.25) is 4.79 Å². The highest BCUT2D eigenvalue weighted by Gasteiger charge is 2.59. The summed E-state index contributed by atoms with van der Waals surface area (Å²) in [5, 5.41) is 3.30. The van der Waals surface area contributed by atoms with Gasteiger partial charge in [-0.25, -0.2) is 0 Å². The first-order valence-corrected chi connectivity index (χ1v) is 10.6. The van der Waals surface area contributed by atoms with E-state index >= 15 is 0 Å². The van der Waals surface area contributed by atoms with Crippen LogP contribution in [0.3, 0.4) is 0 Å². The summed E-state index contributed by atoms with van der Waals surface area (Å²) in [5.41, 5.74) is 5.29. The second-order valence-corrected chi connectivity index (χ2v) is 8.64. The number of hydrogen-bond donors (Lipinski definition) is 1. The molecule has 0 aromatic heterocycles. The minimum atomic E-state index is -0.544. The van der Waals surface area contributed by atoms with Gasteiger partial charge < -0.3 is 15.1 Å². The van der Waals surface area contributed by atoms with Crippen molar-refractivity contribution in [2.45, 2.75) is 45.7 Å². The Kier molecular flexibility index (Phi) is 4.68. The van der Waals surface area contributed by atoms with Gasteiger partial charge in [-0.2, -0.15) is 0 Å². The zero-order chi connectivity index (χ0) is 20.8. The number of rotatable bonds is 5. The maximum atomic E-state index is 12.4. The molecule has 4 nitrogen and oxygen atoms in total. The van der Waals surface area contributed by atoms with Crippen molar-refractivity contribution < 1.29 is 4.79 Å². The molecule has 2 aliphatic rings. The Morgan fingerprint density at radius 1 is 1.10 bits per heavy atom. The van der Waals surface area contributed by atoms with Crippen molar-refractivity contribution in [3.63, 3.8) is 0 Å². The summed E-state index contributed by atoms with van der Waals surface area (Å²) < 4.78 is 0. The Hall–Kier alpha value is -2.75. The van der Waals surface area contributed by atoms with E-state index in [0.717, 1.165) is 24.3 Å². The summed E-state index contributed by atoms with van der Waals surface area (Å²) in [5.74, 6) is 0.0748. The third-order valence-electron chi connectivity index (χ3n) is 6.67. The van der Waals surface area contributed by atoms with E-state index in [9.17, 15) is 4.79 Å². The minimum Gasteiger partial charge on any atom is -0.372 e. The van der Waals surface area contributed by atoms with Crippen LogP contribution in [-0.2, 0) is 10.2 Å². The number of benzene rings is 2. The summed E-state index contributed by atoms with van der Waals surface area (Å²) in [6.45, 7) is 13.3. The molecular formula is C25H31N3O. The van der Waals surface area contributed by atoms with Crippen molar-refractivity contribution in [3.8, 4) is 0 Å². The fourth-order valence-corrected chi connectivity index (χ4v) is 4.89. The van der Waals surface area contributed by atoms with Gasteiger partial charge >= 0.3 is 0 Å². The second-order valence-electron chi connectivity index (χ2n) is 8.64. The molecule has 0 spiro atoms. The van der Waals surface area contributed by atoms with Gasteiger partial charge in [0.15, 0.2) is 0 Å². The molecular weight excluding hydrogens is 358 g/mol.